The van der Waals surface area contributed by atoms with E-state index in [0.29, 0.717) is 12.0 Å². The Hall–Kier alpha value is -3.28. The van der Waals surface area contributed by atoms with Crippen molar-refractivity contribution in [3.8, 4) is 0 Å². The van der Waals surface area contributed by atoms with Crippen LogP contribution in [0.5, 0.6) is 0 Å². The molecule has 0 bridgehead atoms. The van der Waals surface area contributed by atoms with Crippen LogP contribution >= 0.6 is 0 Å². The van der Waals surface area contributed by atoms with Gasteiger partial charge in [0.05, 0.1) is 6.54 Å². The van der Waals surface area contributed by atoms with E-state index in [1.165, 1.54) is 16.0 Å². The summed E-state index contributed by atoms with van der Waals surface area (Å²) in [4.78, 5) is 28.5. The third-order valence-corrected chi connectivity index (χ3v) is 6.79. The van der Waals surface area contributed by atoms with Crippen molar-refractivity contribution in [1.82, 2.24) is 10.2 Å². The number of benzene rings is 3. The number of rotatable bonds is 5. The van der Waals surface area contributed by atoms with Crippen molar-refractivity contribution in [3.63, 3.8) is 0 Å². The highest BCUT2D eigenvalue weighted by molar-refractivity contribution is 6.06. The Morgan fingerprint density at radius 3 is 2.38 bits per heavy atom. The molecule has 0 fully saturated rings. The summed E-state index contributed by atoms with van der Waals surface area (Å²) in [6.07, 6.45) is 3.31. The Balaban J connectivity index is 1.64. The first-order valence-electron chi connectivity index (χ1n) is 11.2. The maximum Gasteiger partial charge on any atom is 0.262 e. The number of carbonyl (C=O) groups excluding carboxylic acids is 2. The molecular weight excluding hydrogens is 398 g/mol. The minimum atomic E-state index is -0.942. The van der Waals surface area contributed by atoms with E-state index in [1.807, 2.05) is 42.5 Å². The fourth-order valence-electron chi connectivity index (χ4n) is 5.33. The van der Waals surface area contributed by atoms with Gasteiger partial charge in [0.25, 0.3) is 5.91 Å². The zero-order valence-corrected chi connectivity index (χ0v) is 18.0. The van der Waals surface area contributed by atoms with Gasteiger partial charge in [0.1, 0.15) is 5.66 Å². The molecule has 2 atom stereocenters. The first-order chi connectivity index (χ1) is 15.6. The van der Waals surface area contributed by atoms with Gasteiger partial charge in [-0.15, -0.1) is 0 Å². The molecule has 0 spiro atoms. The summed E-state index contributed by atoms with van der Waals surface area (Å²) in [5, 5.41) is 3.80. The zero-order valence-electron chi connectivity index (χ0n) is 18.0. The molecule has 0 radical (unpaired) electrons. The van der Waals surface area contributed by atoms with Crippen LogP contribution in [0.3, 0.4) is 0 Å². The SMILES string of the molecule is NCC(=O)N(C(=O)c1ccccc1)C1(NC2CCc3ccccc32)CCc2ccccc21. The van der Waals surface area contributed by atoms with Gasteiger partial charge in [0, 0.05) is 11.6 Å². The van der Waals surface area contributed by atoms with Gasteiger partial charge in [-0.25, -0.2) is 0 Å². The highest BCUT2D eigenvalue weighted by atomic mass is 16.2. The number of amides is 2. The van der Waals surface area contributed by atoms with E-state index in [2.05, 4.69) is 29.6 Å². The van der Waals surface area contributed by atoms with Crippen LogP contribution in [-0.4, -0.2) is 23.3 Å². The highest BCUT2D eigenvalue weighted by Gasteiger charge is 2.50. The molecule has 162 valence electrons. The average molecular weight is 426 g/mol. The molecule has 32 heavy (non-hydrogen) atoms. The third kappa shape index (κ3) is 3.34. The average Bonchev–Trinajstić information content (AvgIpc) is 3.42. The van der Waals surface area contributed by atoms with Crippen LogP contribution < -0.4 is 11.1 Å². The quantitative estimate of drug-likeness (QED) is 0.612. The molecule has 5 heteroatoms. The summed E-state index contributed by atoms with van der Waals surface area (Å²) in [6, 6.07) is 25.5. The van der Waals surface area contributed by atoms with E-state index in [0.717, 1.165) is 30.4 Å². The normalized spacial score (nSPS) is 21.1. The fraction of sp³-hybridized carbons (Fsp3) is 0.259. The van der Waals surface area contributed by atoms with Gasteiger partial charge in [-0.05, 0) is 60.1 Å². The minimum Gasteiger partial charge on any atom is -0.322 e. The van der Waals surface area contributed by atoms with Gasteiger partial charge < -0.3 is 5.73 Å². The molecule has 5 nitrogen and oxygen atoms in total. The van der Waals surface area contributed by atoms with Crippen LogP contribution in [0, 0.1) is 0 Å². The van der Waals surface area contributed by atoms with Crippen LogP contribution in [-0.2, 0) is 23.3 Å². The Bertz CT molecular complexity index is 1160. The summed E-state index contributed by atoms with van der Waals surface area (Å²) in [5.41, 5.74) is 10.1. The number of hydrogen-bond donors (Lipinski definition) is 2. The number of nitrogens with zero attached hydrogens (tertiary/aromatic N) is 1. The molecule has 2 aliphatic carbocycles. The van der Waals surface area contributed by atoms with Gasteiger partial charge >= 0.3 is 0 Å². The zero-order chi connectivity index (χ0) is 22.1. The second kappa shape index (κ2) is 8.34. The van der Waals surface area contributed by atoms with E-state index in [-0.39, 0.29) is 24.4 Å². The smallest absolute Gasteiger partial charge is 0.262 e. The molecule has 0 saturated carbocycles. The van der Waals surface area contributed by atoms with E-state index in [4.69, 9.17) is 5.73 Å². The van der Waals surface area contributed by atoms with E-state index in [1.54, 1.807) is 12.1 Å². The monoisotopic (exact) mass is 425 g/mol. The molecule has 3 aromatic carbocycles. The third-order valence-electron chi connectivity index (χ3n) is 6.79. The predicted molar refractivity (Wildman–Crippen MR) is 124 cm³/mol. The number of aryl methyl sites for hydroxylation is 2. The summed E-state index contributed by atoms with van der Waals surface area (Å²) in [6.45, 7) is -0.231. The van der Waals surface area contributed by atoms with E-state index < -0.39 is 5.66 Å². The van der Waals surface area contributed by atoms with Crippen LogP contribution in [0.15, 0.2) is 78.9 Å². The largest absolute Gasteiger partial charge is 0.322 e. The molecule has 0 aliphatic heterocycles. The van der Waals surface area contributed by atoms with Crippen LogP contribution in [0.4, 0.5) is 0 Å². The molecule has 2 aliphatic rings. The topological polar surface area (TPSA) is 75.4 Å². The van der Waals surface area contributed by atoms with Gasteiger partial charge in [-0.1, -0.05) is 66.7 Å². The van der Waals surface area contributed by atoms with Crippen molar-refractivity contribution in [2.45, 2.75) is 37.4 Å². The molecule has 0 heterocycles. The minimum absolute atomic E-state index is 0.0500. The van der Waals surface area contributed by atoms with Crippen LogP contribution in [0.25, 0.3) is 0 Å². The molecule has 5 rings (SSSR count). The molecule has 2 unspecified atom stereocenters. The predicted octanol–water partition coefficient (Wildman–Crippen LogP) is 3.69. The lowest BCUT2D eigenvalue weighted by atomic mass is 9.95. The van der Waals surface area contributed by atoms with Crippen molar-refractivity contribution in [3.05, 3.63) is 107 Å². The highest BCUT2D eigenvalue weighted by Crippen LogP contribution is 2.44. The number of nitrogens with two attached hydrogens (primary N) is 1. The van der Waals surface area contributed by atoms with Crippen LogP contribution in [0.1, 0.15) is 51.5 Å². The van der Waals surface area contributed by atoms with Crippen molar-refractivity contribution >= 4 is 11.8 Å². The van der Waals surface area contributed by atoms with Crippen LogP contribution in [0.2, 0.25) is 0 Å². The van der Waals surface area contributed by atoms with Crippen molar-refractivity contribution in [1.29, 1.82) is 0 Å². The van der Waals surface area contributed by atoms with Gasteiger partial charge in [-0.2, -0.15) is 0 Å². The van der Waals surface area contributed by atoms with E-state index in [9.17, 15) is 9.59 Å². The summed E-state index contributed by atoms with van der Waals surface area (Å²) in [7, 11) is 0. The van der Waals surface area contributed by atoms with E-state index >= 15 is 0 Å². The molecular formula is C27H27N3O2. The summed E-state index contributed by atoms with van der Waals surface area (Å²) >= 11 is 0. The standard InChI is InChI=1S/C27H27N3O2/c28-18-25(31)30(26(32)21-10-2-1-3-11-21)27(17-16-20-9-5-7-13-23(20)27)29-24-15-14-19-8-4-6-12-22(19)24/h1-13,24,29H,14-18,28H2. The first-order valence-corrected chi connectivity index (χ1v) is 11.2. The second-order valence-corrected chi connectivity index (χ2v) is 8.56. The number of nitrogens with one attached hydrogen (secondary N) is 1. The Labute approximate surface area is 188 Å². The summed E-state index contributed by atoms with van der Waals surface area (Å²) < 4.78 is 0. The Morgan fingerprint density at radius 2 is 1.59 bits per heavy atom. The molecule has 3 aromatic rings. The number of fused-ring (bicyclic) bond motifs is 2. The first kappa shape index (κ1) is 20.6. The maximum absolute atomic E-state index is 13.8. The fourth-order valence-corrected chi connectivity index (χ4v) is 5.33. The number of imide groups is 1. The number of hydrogen-bond acceptors (Lipinski definition) is 4. The number of carbonyl (C=O) groups is 2. The lowest BCUT2D eigenvalue weighted by molar-refractivity contribution is -0.134. The molecule has 3 N–H and O–H groups in total. The molecule has 0 saturated heterocycles. The second-order valence-electron chi connectivity index (χ2n) is 8.56. The van der Waals surface area contributed by atoms with Crippen molar-refractivity contribution < 1.29 is 9.59 Å². The Kier molecular flexibility index (Phi) is 5.37. The van der Waals surface area contributed by atoms with Crippen molar-refractivity contribution in [2.75, 3.05) is 6.54 Å². The van der Waals surface area contributed by atoms with Gasteiger partial charge in [0.2, 0.25) is 5.91 Å². The lowest BCUT2D eigenvalue weighted by Gasteiger charge is -2.43. The van der Waals surface area contributed by atoms with Crippen molar-refractivity contribution in [2.24, 2.45) is 5.73 Å². The van der Waals surface area contributed by atoms with Gasteiger partial charge in [0.15, 0.2) is 0 Å². The maximum atomic E-state index is 13.8. The Morgan fingerprint density at radius 1 is 0.906 bits per heavy atom. The molecule has 2 amide bonds. The van der Waals surface area contributed by atoms with Gasteiger partial charge in [-0.3, -0.25) is 19.8 Å². The molecule has 0 aromatic heterocycles. The summed E-state index contributed by atoms with van der Waals surface area (Å²) in [5.74, 6) is -0.703. The lowest BCUT2D eigenvalue weighted by Crippen LogP contribution is -2.61.